The van der Waals surface area contributed by atoms with Crippen LogP contribution in [0, 0.1) is 5.92 Å². The van der Waals surface area contributed by atoms with E-state index in [2.05, 4.69) is 29.2 Å². The molecule has 5 heteroatoms. The molecule has 0 spiro atoms. The molecule has 0 saturated carbocycles. The average molecular weight is 298 g/mol. The third-order valence-electron chi connectivity index (χ3n) is 3.06. The second-order valence-electron chi connectivity index (χ2n) is 5.31. The molecule has 0 radical (unpaired) electrons. The maximum Gasteiger partial charge on any atom is 0.183 e. The lowest BCUT2D eigenvalue weighted by atomic mass is 10.2. The van der Waals surface area contributed by atoms with Crippen LogP contribution in [0.4, 0.5) is 5.13 Å². The SMILES string of the molecule is CC(C)CNc1ncc(-c2cnn(-c3ccccc3)c2)s1. The summed E-state index contributed by atoms with van der Waals surface area (Å²) in [7, 11) is 0. The van der Waals surface area contributed by atoms with Crippen LogP contribution in [0.1, 0.15) is 13.8 Å². The van der Waals surface area contributed by atoms with Crippen molar-refractivity contribution in [3.8, 4) is 16.1 Å². The van der Waals surface area contributed by atoms with Crippen molar-refractivity contribution < 1.29 is 0 Å². The molecule has 3 rings (SSSR count). The van der Waals surface area contributed by atoms with E-state index in [0.717, 1.165) is 27.8 Å². The van der Waals surface area contributed by atoms with Gasteiger partial charge >= 0.3 is 0 Å². The molecule has 4 nitrogen and oxygen atoms in total. The Balaban J connectivity index is 1.77. The lowest BCUT2D eigenvalue weighted by Gasteiger charge is -2.04. The summed E-state index contributed by atoms with van der Waals surface area (Å²) in [5, 5.41) is 8.74. The summed E-state index contributed by atoms with van der Waals surface area (Å²) in [6.07, 6.45) is 5.82. The number of para-hydroxylation sites is 1. The van der Waals surface area contributed by atoms with E-state index >= 15 is 0 Å². The third kappa shape index (κ3) is 3.31. The molecule has 0 amide bonds. The molecule has 2 aromatic heterocycles. The van der Waals surface area contributed by atoms with Crippen molar-refractivity contribution in [1.29, 1.82) is 0 Å². The van der Waals surface area contributed by atoms with Gasteiger partial charge in [-0.3, -0.25) is 0 Å². The Kier molecular flexibility index (Phi) is 4.01. The van der Waals surface area contributed by atoms with Crippen LogP contribution in [0.3, 0.4) is 0 Å². The molecule has 0 aliphatic heterocycles. The fourth-order valence-electron chi connectivity index (χ4n) is 1.95. The maximum absolute atomic E-state index is 4.42. The Labute approximate surface area is 128 Å². The van der Waals surface area contributed by atoms with Crippen molar-refractivity contribution >= 4 is 16.5 Å². The van der Waals surface area contributed by atoms with Crippen LogP contribution in [-0.2, 0) is 0 Å². The first-order valence-electron chi connectivity index (χ1n) is 7.02. The molecule has 108 valence electrons. The molecular formula is C16H18N4S. The topological polar surface area (TPSA) is 42.7 Å². The first-order chi connectivity index (χ1) is 10.2. The highest BCUT2D eigenvalue weighted by atomic mass is 32.1. The lowest BCUT2D eigenvalue weighted by molar-refractivity contribution is 0.688. The lowest BCUT2D eigenvalue weighted by Crippen LogP contribution is -2.07. The first kappa shape index (κ1) is 13.8. The van der Waals surface area contributed by atoms with E-state index in [0.29, 0.717) is 5.92 Å². The van der Waals surface area contributed by atoms with Crippen molar-refractivity contribution in [1.82, 2.24) is 14.8 Å². The Morgan fingerprint density at radius 2 is 2.00 bits per heavy atom. The van der Waals surface area contributed by atoms with Gasteiger partial charge in [-0.05, 0) is 18.1 Å². The van der Waals surface area contributed by atoms with Gasteiger partial charge in [0.1, 0.15) is 0 Å². The Hall–Kier alpha value is -2.14. The summed E-state index contributed by atoms with van der Waals surface area (Å²) in [6, 6.07) is 10.1. The molecule has 0 bridgehead atoms. The number of aromatic nitrogens is 3. The maximum atomic E-state index is 4.42. The molecule has 0 aliphatic rings. The normalized spacial score (nSPS) is 11.0. The quantitative estimate of drug-likeness (QED) is 0.772. The molecule has 0 atom stereocenters. The summed E-state index contributed by atoms with van der Waals surface area (Å²) in [5.74, 6) is 0.609. The predicted octanol–water partition coefficient (Wildman–Crippen LogP) is 4.06. The zero-order valence-electron chi connectivity index (χ0n) is 12.2. The molecule has 0 aliphatic carbocycles. The van der Waals surface area contributed by atoms with Crippen LogP contribution in [-0.4, -0.2) is 21.3 Å². The van der Waals surface area contributed by atoms with Crippen LogP contribution in [0.15, 0.2) is 48.9 Å². The number of anilines is 1. The van der Waals surface area contributed by atoms with Gasteiger partial charge in [-0.15, -0.1) is 0 Å². The minimum atomic E-state index is 0.609. The van der Waals surface area contributed by atoms with Crippen molar-refractivity contribution in [2.24, 2.45) is 5.92 Å². The summed E-state index contributed by atoms with van der Waals surface area (Å²) in [5.41, 5.74) is 2.15. The molecule has 0 unspecified atom stereocenters. The van der Waals surface area contributed by atoms with E-state index in [1.54, 1.807) is 11.3 Å². The van der Waals surface area contributed by atoms with E-state index < -0.39 is 0 Å². The standard InChI is InChI=1S/C16H18N4S/c1-12(2)8-17-16-18-10-15(21-16)13-9-19-20(11-13)14-6-4-3-5-7-14/h3-7,9-12H,8H2,1-2H3,(H,17,18). The van der Waals surface area contributed by atoms with Crippen LogP contribution in [0.2, 0.25) is 0 Å². The van der Waals surface area contributed by atoms with Gasteiger partial charge in [-0.1, -0.05) is 43.4 Å². The van der Waals surface area contributed by atoms with E-state index in [1.165, 1.54) is 0 Å². The van der Waals surface area contributed by atoms with Gasteiger partial charge in [0.05, 0.1) is 16.8 Å². The summed E-state index contributed by atoms with van der Waals surface area (Å²) < 4.78 is 1.89. The highest BCUT2D eigenvalue weighted by Gasteiger charge is 2.08. The first-order valence-corrected chi connectivity index (χ1v) is 7.84. The zero-order valence-corrected chi connectivity index (χ0v) is 13.0. The molecule has 2 heterocycles. The van der Waals surface area contributed by atoms with E-state index in [1.807, 2.05) is 53.6 Å². The predicted molar refractivity (Wildman–Crippen MR) is 88.0 cm³/mol. The van der Waals surface area contributed by atoms with Crippen LogP contribution < -0.4 is 5.32 Å². The fourth-order valence-corrected chi connectivity index (χ4v) is 2.75. The molecule has 21 heavy (non-hydrogen) atoms. The number of hydrogen-bond acceptors (Lipinski definition) is 4. The molecular weight excluding hydrogens is 280 g/mol. The zero-order chi connectivity index (χ0) is 14.7. The van der Waals surface area contributed by atoms with Crippen molar-refractivity contribution in [3.63, 3.8) is 0 Å². The minimum absolute atomic E-state index is 0.609. The van der Waals surface area contributed by atoms with Crippen LogP contribution in [0.25, 0.3) is 16.1 Å². The summed E-state index contributed by atoms with van der Waals surface area (Å²) in [4.78, 5) is 5.55. The number of nitrogens with one attached hydrogen (secondary N) is 1. The Morgan fingerprint density at radius 1 is 1.19 bits per heavy atom. The largest absolute Gasteiger partial charge is 0.361 e. The van der Waals surface area contributed by atoms with Gasteiger partial charge in [0, 0.05) is 24.5 Å². The molecule has 0 fully saturated rings. The highest BCUT2D eigenvalue weighted by Crippen LogP contribution is 2.29. The van der Waals surface area contributed by atoms with Gasteiger partial charge in [0.25, 0.3) is 0 Å². The van der Waals surface area contributed by atoms with Gasteiger partial charge in [-0.2, -0.15) is 5.10 Å². The van der Waals surface area contributed by atoms with Crippen LogP contribution in [0.5, 0.6) is 0 Å². The highest BCUT2D eigenvalue weighted by molar-refractivity contribution is 7.18. The second kappa shape index (κ2) is 6.10. The van der Waals surface area contributed by atoms with E-state index in [4.69, 9.17) is 0 Å². The van der Waals surface area contributed by atoms with Gasteiger partial charge in [0.2, 0.25) is 0 Å². The number of rotatable bonds is 5. The van der Waals surface area contributed by atoms with Gasteiger partial charge < -0.3 is 5.32 Å². The molecule has 0 saturated heterocycles. The van der Waals surface area contributed by atoms with Crippen molar-refractivity contribution in [2.45, 2.75) is 13.8 Å². The average Bonchev–Trinajstić information content (AvgIpc) is 3.15. The second-order valence-corrected chi connectivity index (χ2v) is 6.34. The Morgan fingerprint density at radius 3 is 2.76 bits per heavy atom. The smallest absolute Gasteiger partial charge is 0.183 e. The van der Waals surface area contributed by atoms with Crippen molar-refractivity contribution in [3.05, 3.63) is 48.9 Å². The van der Waals surface area contributed by atoms with E-state index in [-0.39, 0.29) is 0 Å². The monoisotopic (exact) mass is 298 g/mol. The number of hydrogen-bond donors (Lipinski definition) is 1. The fraction of sp³-hybridized carbons (Fsp3) is 0.250. The van der Waals surface area contributed by atoms with Crippen LogP contribution >= 0.6 is 11.3 Å². The van der Waals surface area contributed by atoms with E-state index in [9.17, 15) is 0 Å². The van der Waals surface area contributed by atoms with Crippen molar-refractivity contribution in [2.75, 3.05) is 11.9 Å². The van der Waals surface area contributed by atoms with Gasteiger partial charge in [-0.25, -0.2) is 9.67 Å². The minimum Gasteiger partial charge on any atom is -0.361 e. The molecule has 1 N–H and O–H groups in total. The molecule has 3 aromatic rings. The summed E-state index contributed by atoms with van der Waals surface area (Å²) >= 11 is 1.66. The third-order valence-corrected chi connectivity index (χ3v) is 4.06. The van der Waals surface area contributed by atoms with Gasteiger partial charge in [0.15, 0.2) is 5.13 Å². The number of thiazole rings is 1. The number of benzene rings is 1. The Bertz CT molecular complexity index is 700. The number of nitrogens with zero attached hydrogens (tertiary/aromatic N) is 3. The molecule has 1 aromatic carbocycles. The summed E-state index contributed by atoms with van der Waals surface area (Å²) in [6.45, 7) is 5.31.